The summed E-state index contributed by atoms with van der Waals surface area (Å²) in [4.78, 5) is 22.9. The molecule has 0 aromatic carbocycles. The van der Waals surface area contributed by atoms with Crippen molar-refractivity contribution in [2.24, 2.45) is 0 Å². The number of anilines is 1. The topological polar surface area (TPSA) is 91.1 Å². The normalized spacial score (nSPS) is 20.2. The summed E-state index contributed by atoms with van der Waals surface area (Å²) in [6.07, 6.45) is 4.77. The lowest BCUT2D eigenvalue weighted by Gasteiger charge is -2.44. The largest absolute Gasteiger partial charge is 0.444 e. The van der Waals surface area contributed by atoms with Gasteiger partial charge in [-0.2, -0.15) is 5.26 Å². The molecule has 1 fully saturated rings. The van der Waals surface area contributed by atoms with E-state index in [-0.39, 0.29) is 34.6 Å². The van der Waals surface area contributed by atoms with E-state index in [0.717, 1.165) is 25.7 Å². The summed E-state index contributed by atoms with van der Waals surface area (Å²) in [6, 6.07) is 2.25. The van der Waals surface area contributed by atoms with Crippen molar-refractivity contribution in [2.75, 3.05) is 5.32 Å². The number of nitrogens with one attached hydrogen (secondary N) is 1. The van der Waals surface area contributed by atoms with Gasteiger partial charge in [-0.15, -0.1) is 0 Å². The Morgan fingerprint density at radius 1 is 1.25 bits per heavy atom. The van der Waals surface area contributed by atoms with Crippen LogP contribution in [0.5, 0.6) is 0 Å². The van der Waals surface area contributed by atoms with Crippen molar-refractivity contribution in [1.82, 2.24) is 14.9 Å². The molecule has 1 saturated carbocycles. The van der Waals surface area contributed by atoms with Crippen molar-refractivity contribution in [1.29, 1.82) is 5.26 Å². The lowest BCUT2D eigenvalue weighted by Crippen LogP contribution is -2.54. The van der Waals surface area contributed by atoms with Crippen LogP contribution in [0.1, 0.15) is 72.9 Å². The molecule has 8 heteroatoms. The number of carbonyl (C=O) groups excluding carboxylic acids is 1. The molecule has 0 radical (unpaired) electrons. The number of carbonyl (C=O) groups is 1. The Balaban J connectivity index is 2.01. The van der Waals surface area contributed by atoms with Gasteiger partial charge in [-0.25, -0.2) is 14.8 Å². The predicted molar refractivity (Wildman–Crippen MR) is 109 cm³/mol. The first-order valence-electron chi connectivity index (χ1n) is 9.62. The molecule has 28 heavy (non-hydrogen) atoms. The van der Waals surface area contributed by atoms with Crippen molar-refractivity contribution in [2.45, 2.75) is 90.4 Å². The first kappa shape index (κ1) is 22.2. The third-order valence-electron chi connectivity index (χ3n) is 4.56. The molecule has 2 rings (SSSR count). The fourth-order valence-corrected chi connectivity index (χ4v) is 3.66. The smallest absolute Gasteiger partial charge is 0.410 e. The minimum absolute atomic E-state index is 0.102. The summed E-state index contributed by atoms with van der Waals surface area (Å²) in [7, 11) is 0. The van der Waals surface area contributed by atoms with Crippen LogP contribution in [0.3, 0.4) is 0 Å². The van der Waals surface area contributed by atoms with Gasteiger partial charge in [0.05, 0.1) is 6.20 Å². The van der Waals surface area contributed by atoms with E-state index in [1.165, 1.54) is 6.20 Å². The fraction of sp³-hybridized carbons (Fsp3) is 0.700. The maximum Gasteiger partial charge on any atom is 0.410 e. The summed E-state index contributed by atoms with van der Waals surface area (Å²) in [6.45, 7) is 11.8. The van der Waals surface area contributed by atoms with E-state index in [1.54, 1.807) is 0 Å². The Morgan fingerprint density at radius 2 is 1.86 bits per heavy atom. The van der Waals surface area contributed by atoms with Crippen molar-refractivity contribution in [3.63, 3.8) is 0 Å². The van der Waals surface area contributed by atoms with Crippen LogP contribution >= 0.6 is 11.6 Å². The molecule has 0 bridgehead atoms. The van der Waals surface area contributed by atoms with E-state index in [1.807, 2.05) is 52.5 Å². The van der Waals surface area contributed by atoms with Gasteiger partial charge in [-0.05, 0) is 67.2 Å². The molecular weight excluding hydrogens is 378 g/mol. The van der Waals surface area contributed by atoms with Crippen molar-refractivity contribution < 1.29 is 9.53 Å². The van der Waals surface area contributed by atoms with Crippen LogP contribution in [0, 0.1) is 11.3 Å². The second-order valence-electron chi connectivity index (χ2n) is 9.18. The van der Waals surface area contributed by atoms with Crippen LogP contribution in [0.15, 0.2) is 6.20 Å². The Hall–Kier alpha value is -2.07. The minimum atomic E-state index is -0.521. The van der Waals surface area contributed by atoms with Gasteiger partial charge in [0.1, 0.15) is 17.5 Å². The van der Waals surface area contributed by atoms with Crippen LogP contribution < -0.4 is 5.32 Å². The molecule has 1 N–H and O–H groups in total. The van der Waals surface area contributed by atoms with Crippen molar-refractivity contribution >= 4 is 23.5 Å². The van der Waals surface area contributed by atoms with Gasteiger partial charge in [-0.1, -0.05) is 11.6 Å². The van der Waals surface area contributed by atoms with Gasteiger partial charge < -0.3 is 15.0 Å². The lowest BCUT2D eigenvalue weighted by molar-refractivity contribution is -0.0132. The highest BCUT2D eigenvalue weighted by Gasteiger charge is 2.38. The van der Waals surface area contributed by atoms with Crippen LogP contribution in [0.4, 0.5) is 10.6 Å². The number of ether oxygens (including phenoxy) is 1. The number of aromatic nitrogens is 2. The highest BCUT2D eigenvalue weighted by Crippen LogP contribution is 2.31. The second kappa shape index (κ2) is 8.52. The molecule has 0 saturated heterocycles. The zero-order chi connectivity index (χ0) is 21.1. The van der Waals surface area contributed by atoms with E-state index in [2.05, 4.69) is 15.3 Å². The first-order chi connectivity index (χ1) is 12.9. The van der Waals surface area contributed by atoms with Gasteiger partial charge in [0.25, 0.3) is 0 Å². The monoisotopic (exact) mass is 407 g/mol. The number of nitrogens with zero attached hydrogens (tertiary/aromatic N) is 4. The molecule has 154 valence electrons. The first-order valence-corrected chi connectivity index (χ1v) is 10.00. The molecule has 0 aliphatic heterocycles. The van der Waals surface area contributed by atoms with Crippen LogP contribution in [-0.4, -0.2) is 44.2 Å². The van der Waals surface area contributed by atoms with Crippen molar-refractivity contribution in [3.8, 4) is 6.07 Å². The summed E-state index contributed by atoms with van der Waals surface area (Å²) in [5, 5.41) is 12.3. The van der Waals surface area contributed by atoms with Crippen LogP contribution in [0.25, 0.3) is 0 Å². The van der Waals surface area contributed by atoms with Gasteiger partial charge in [0.15, 0.2) is 10.8 Å². The van der Waals surface area contributed by atoms with E-state index < -0.39 is 5.60 Å². The summed E-state index contributed by atoms with van der Waals surface area (Å²) >= 11 is 5.96. The molecule has 7 nitrogen and oxygen atoms in total. The quantitative estimate of drug-likeness (QED) is 0.776. The average Bonchev–Trinajstić information content (AvgIpc) is 2.54. The highest BCUT2D eigenvalue weighted by atomic mass is 35.5. The van der Waals surface area contributed by atoms with Crippen molar-refractivity contribution in [3.05, 3.63) is 17.0 Å². The van der Waals surface area contributed by atoms with Gasteiger partial charge >= 0.3 is 6.09 Å². The Morgan fingerprint density at radius 3 is 2.32 bits per heavy atom. The van der Waals surface area contributed by atoms with Crippen LogP contribution in [0.2, 0.25) is 5.15 Å². The molecule has 1 aromatic heterocycles. The Bertz CT molecular complexity index is 740. The lowest BCUT2D eigenvalue weighted by atomic mass is 9.88. The summed E-state index contributed by atoms with van der Waals surface area (Å²) < 4.78 is 5.65. The third-order valence-corrected chi connectivity index (χ3v) is 4.83. The number of amides is 1. The van der Waals surface area contributed by atoms with E-state index >= 15 is 0 Å². The zero-order valence-electron chi connectivity index (χ0n) is 17.5. The molecule has 1 amide bonds. The molecule has 1 aromatic rings. The average molecular weight is 408 g/mol. The Kier molecular flexibility index (Phi) is 6.76. The van der Waals surface area contributed by atoms with Gasteiger partial charge in [-0.3, -0.25) is 0 Å². The highest BCUT2D eigenvalue weighted by molar-refractivity contribution is 6.30. The Labute approximate surface area is 172 Å². The number of halogens is 1. The summed E-state index contributed by atoms with van der Waals surface area (Å²) in [5.41, 5.74) is -0.721. The maximum atomic E-state index is 12.8. The minimum Gasteiger partial charge on any atom is -0.444 e. The second-order valence-corrected chi connectivity index (χ2v) is 9.54. The maximum absolute atomic E-state index is 12.8. The van der Waals surface area contributed by atoms with E-state index in [0.29, 0.717) is 5.82 Å². The number of hydrogen-bond acceptors (Lipinski definition) is 6. The number of hydrogen-bond donors (Lipinski definition) is 1. The molecule has 1 aliphatic rings. The standard InChI is InChI=1S/C20H30ClN5O2/c1-19(2,3)26(18(27)28-20(4,5)6)14-9-7-13(8-10-14)24-16-12-23-15(11-22)17(21)25-16/h12-14H,7-10H2,1-6H3,(H,24,25)/t13-,14-. The van der Waals surface area contributed by atoms with Gasteiger partial charge in [0, 0.05) is 17.6 Å². The predicted octanol–water partition coefficient (Wildman–Crippen LogP) is 4.76. The van der Waals surface area contributed by atoms with Gasteiger partial charge in [0.2, 0.25) is 0 Å². The molecule has 0 atom stereocenters. The SMILES string of the molecule is CC(C)(C)OC(=O)N([C@H]1CC[C@H](Nc2cnc(C#N)c(Cl)n2)CC1)C(C)(C)C. The molecular formula is C20H30ClN5O2. The third kappa shape index (κ3) is 5.96. The van der Waals surface area contributed by atoms with E-state index in [4.69, 9.17) is 21.6 Å². The molecule has 1 heterocycles. The molecule has 0 unspecified atom stereocenters. The van der Waals surface area contributed by atoms with Crippen LogP contribution in [-0.2, 0) is 4.74 Å². The molecule has 0 spiro atoms. The zero-order valence-corrected chi connectivity index (χ0v) is 18.3. The molecule has 1 aliphatic carbocycles. The number of rotatable bonds is 3. The van der Waals surface area contributed by atoms with E-state index in [9.17, 15) is 4.79 Å². The fourth-order valence-electron chi connectivity index (χ4n) is 3.48. The number of nitriles is 1. The summed E-state index contributed by atoms with van der Waals surface area (Å²) in [5.74, 6) is 0.562.